The van der Waals surface area contributed by atoms with Crippen LogP contribution in [-0.2, 0) is 11.3 Å². The lowest BCUT2D eigenvalue weighted by molar-refractivity contribution is 0.0106. The molecular weight excluding hydrogens is 238 g/mol. The van der Waals surface area contributed by atoms with Crippen molar-refractivity contribution >= 4 is 10.9 Å². The molecule has 0 saturated carbocycles. The minimum absolute atomic E-state index is 0.813. The first-order chi connectivity index (χ1) is 9.31. The molecule has 1 aliphatic rings. The lowest BCUT2D eigenvalue weighted by atomic mass is 10.1. The summed E-state index contributed by atoms with van der Waals surface area (Å²) in [5.74, 6) is 0. The molecular formula is C15H19N3O. The van der Waals surface area contributed by atoms with E-state index in [-0.39, 0.29) is 0 Å². The van der Waals surface area contributed by atoms with Crippen molar-refractivity contribution in [2.45, 2.75) is 13.5 Å². The van der Waals surface area contributed by atoms with E-state index in [0.29, 0.717) is 0 Å². The van der Waals surface area contributed by atoms with Crippen LogP contribution in [0, 0.1) is 6.92 Å². The summed E-state index contributed by atoms with van der Waals surface area (Å²) in [7, 11) is 0. The van der Waals surface area contributed by atoms with Gasteiger partial charge in [0.2, 0.25) is 0 Å². The summed E-state index contributed by atoms with van der Waals surface area (Å²) in [6.45, 7) is 6.40. The van der Waals surface area contributed by atoms with Crippen LogP contribution in [0.15, 0.2) is 30.3 Å². The minimum atomic E-state index is 0.813. The number of aromatic nitrogens is 1. The van der Waals surface area contributed by atoms with Crippen molar-refractivity contribution in [2.24, 2.45) is 0 Å². The number of nitrogens with one attached hydrogen (secondary N) is 1. The van der Waals surface area contributed by atoms with Gasteiger partial charge in [-0.1, -0.05) is 12.1 Å². The Morgan fingerprint density at radius 1 is 1.21 bits per heavy atom. The maximum absolute atomic E-state index is 5.33. The number of hydrogen-bond donors (Lipinski definition) is 1. The quantitative estimate of drug-likeness (QED) is 0.911. The molecule has 2 heterocycles. The molecule has 0 bridgehead atoms. The highest BCUT2D eigenvalue weighted by Gasteiger charge is 2.09. The van der Waals surface area contributed by atoms with Gasteiger partial charge in [-0.3, -0.25) is 10.4 Å². The minimum Gasteiger partial charge on any atom is -0.379 e. The molecule has 1 saturated heterocycles. The standard InChI is InChI=1S/C15H19N3O/c1-12-2-4-14-10-13(3-5-15(14)17-12)11-16-18-6-8-19-9-7-18/h2-5,10,16H,6-9,11H2,1H3. The highest BCUT2D eigenvalue weighted by Crippen LogP contribution is 2.14. The Labute approximate surface area is 113 Å². The molecule has 1 aliphatic heterocycles. The number of hydrazine groups is 1. The van der Waals surface area contributed by atoms with Crippen molar-refractivity contribution < 1.29 is 4.74 Å². The van der Waals surface area contributed by atoms with Crippen molar-refractivity contribution in [2.75, 3.05) is 26.3 Å². The molecule has 1 aromatic carbocycles. The van der Waals surface area contributed by atoms with E-state index in [1.807, 2.05) is 6.92 Å². The van der Waals surface area contributed by atoms with Gasteiger partial charge in [0.05, 0.1) is 18.7 Å². The first-order valence-corrected chi connectivity index (χ1v) is 6.74. The highest BCUT2D eigenvalue weighted by atomic mass is 16.5. The maximum Gasteiger partial charge on any atom is 0.0705 e. The number of ether oxygens (including phenoxy) is 1. The largest absolute Gasteiger partial charge is 0.379 e. The van der Waals surface area contributed by atoms with Gasteiger partial charge < -0.3 is 4.74 Å². The molecule has 3 rings (SSSR count). The Morgan fingerprint density at radius 3 is 2.89 bits per heavy atom. The number of aryl methyl sites for hydroxylation is 1. The Morgan fingerprint density at radius 2 is 2.05 bits per heavy atom. The van der Waals surface area contributed by atoms with Gasteiger partial charge in [-0.05, 0) is 30.7 Å². The molecule has 0 aliphatic carbocycles. The molecule has 0 spiro atoms. The monoisotopic (exact) mass is 257 g/mol. The number of hydrogen-bond acceptors (Lipinski definition) is 4. The number of rotatable bonds is 3. The molecule has 4 heteroatoms. The van der Waals surface area contributed by atoms with Crippen LogP contribution in [0.4, 0.5) is 0 Å². The van der Waals surface area contributed by atoms with Crippen LogP contribution in [0.3, 0.4) is 0 Å². The van der Waals surface area contributed by atoms with Crippen LogP contribution in [0.25, 0.3) is 10.9 Å². The third kappa shape index (κ3) is 3.10. The fourth-order valence-electron chi connectivity index (χ4n) is 2.31. The molecule has 100 valence electrons. The molecule has 1 fully saturated rings. The zero-order chi connectivity index (χ0) is 13.1. The van der Waals surface area contributed by atoms with Crippen LogP contribution in [-0.4, -0.2) is 36.3 Å². The smallest absolute Gasteiger partial charge is 0.0705 e. The van der Waals surface area contributed by atoms with E-state index >= 15 is 0 Å². The summed E-state index contributed by atoms with van der Waals surface area (Å²) >= 11 is 0. The van der Waals surface area contributed by atoms with Crippen LogP contribution in [0.2, 0.25) is 0 Å². The van der Waals surface area contributed by atoms with Gasteiger partial charge in [-0.25, -0.2) is 5.01 Å². The van der Waals surface area contributed by atoms with E-state index in [1.165, 1.54) is 10.9 Å². The SMILES string of the molecule is Cc1ccc2cc(CNN3CCOCC3)ccc2n1. The highest BCUT2D eigenvalue weighted by molar-refractivity contribution is 5.79. The van der Waals surface area contributed by atoms with Crippen LogP contribution >= 0.6 is 0 Å². The molecule has 1 N–H and O–H groups in total. The molecule has 19 heavy (non-hydrogen) atoms. The summed E-state index contributed by atoms with van der Waals surface area (Å²) in [4.78, 5) is 4.52. The Balaban J connectivity index is 1.69. The van der Waals surface area contributed by atoms with Gasteiger partial charge in [0, 0.05) is 30.7 Å². The van der Waals surface area contributed by atoms with Gasteiger partial charge in [0.15, 0.2) is 0 Å². The molecule has 1 aromatic heterocycles. The second kappa shape index (κ2) is 5.65. The second-order valence-electron chi connectivity index (χ2n) is 4.91. The fourth-order valence-corrected chi connectivity index (χ4v) is 2.31. The lowest BCUT2D eigenvalue weighted by Gasteiger charge is -2.27. The number of benzene rings is 1. The predicted molar refractivity (Wildman–Crippen MR) is 75.7 cm³/mol. The van der Waals surface area contributed by atoms with Crippen LogP contribution in [0.1, 0.15) is 11.3 Å². The Bertz CT molecular complexity index is 564. The number of fused-ring (bicyclic) bond motifs is 1. The van der Waals surface area contributed by atoms with Gasteiger partial charge in [0.1, 0.15) is 0 Å². The summed E-state index contributed by atoms with van der Waals surface area (Å²) in [6, 6.07) is 10.6. The number of pyridine rings is 1. The maximum atomic E-state index is 5.33. The van der Waals surface area contributed by atoms with E-state index in [9.17, 15) is 0 Å². The first kappa shape index (κ1) is 12.5. The number of morpholine rings is 1. The zero-order valence-corrected chi connectivity index (χ0v) is 11.2. The third-order valence-corrected chi connectivity index (χ3v) is 3.41. The van der Waals surface area contributed by atoms with Crippen LogP contribution < -0.4 is 5.43 Å². The Hall–Kier alpha value is -1.49. The van der Waals surface area contributed by atoms with E-state index in [4.69, 9.17) is 4.74 Å². The van der Waals surface area contributed by atoms with Gasteiger partial charge in [0.25, 0.3) is 0 Å². The fraction of sp³-hybridized carbons (Fsp3) is 0.400. The number of nitrogens with zero attached hydrogens (tertiary/aromatic N) is 2. The van der Waals surface area contributed by atoms with Crippen LogP contribution in [0.5, 0.6) is 0 Å². The van der Waals surface area contributed by atoms with Gasteiger partial charge in [-0.15, -0.1) is 0 Å². The third-order valence-electron chi connectivity index (χ3n) is 3.41. The van der Waals surface area contributed by atoms with E-state index in [2.05, 4.69) is 45.8 Å². The first-order valence-electron chi connectivity index (χ1n) is 6.74. The Kier molecular flexibility index (Phi) is 3.73. The van der Waals surface area contributed by atoms with Crippen molar-refractivity contribution in [3.05, 3.63) is 41.6 Å². The topological polar surface area (TPSA) is 37.4 Å². The molecule has 0 amide bonds. The van der Waals surface area contributed by atoms with Crippen molar-refractivity contribution in [3.8, 4) is 0 Å². The zero-order valence-electron chi connectivity index (χ0n) is 11.2. The summed E-state index contributed by atoms with van der Waals surface area (Å²) in [5.41, 5.74) is 6.86. The summed E-state index contributed by atoms with van der Waals surface area (Å²) in [6.07, 6.45) is 0. The van der Waals surface area contributed by atoms with Crippen molar-refractivity contribution in [3.63, 3.8) is 0 Å². The van der Waals surface area contributed by atoms with Crippen molar-refractivity contribution in [1.29, 1.82) is 0 Å². The average Bonchev–Trinajstić information content (AvgIpc) is 2.46. The second-order valence-corrected chi connectivity index (χ2v) is 4.91. The normalized spacial score (nSPS) is 16.9. The molecule has 4 nitrogen and oxygen atoms in total. The molecule has 0 radical (unpaired) electrons. The van der Waals surface area contributed by atoms with E-state index in [1.54, 1.807) is 0 Å². The predicted octanol–water partition coefficient (Wildman–Crippen LogP) is 1.88. The molecule has 0 unspecified atom stereocenters. The van der Waals surface area contributed by atoms with E-state index < -0.39 is 0 Å². The van der Waals surface area contributed by atoms with Gasteiger partial charge >= 0.3 is 0 Å². The lowest BCUT2D eigenvalue weighted by Crippen LogP contribution is -2.45. The van der Waals surface area contributed by atoms with Gasteiger partial charge in [-0.2, -0.15) is 0 Å². The average molecular weight is 257 g/mol. The summed E-state index contributed by atoms with van der Waals surface area (Å²) < 4.78 is 5.33. The van der Waals surface area contributed by atoms with E-state index in [0.717, 1.165) is 44.1 Å². The van der Waals surface area contributed by atoms with Crippen molar-refractivity contribution in [1.82, 2.24) is 15.4 Å². The molecule has 0 atom stereocenters. The summed E-state index contributed by atoms with van der Waals surface area (Å²) in [5, 5.41) is 3.42. The molecule has 2 aromatic rings.